The summed E-state index contributed by atoms with van der Waals surface area (Å²) in [6.45, 7) is 2.34. The van der Waals surface area contributed by atoms with E-state index < -0.39 is 0 Å². The van der Waals surface area contributed by atoms with E-state index >= 15 is 0 Å². The van der Waals surface area contributed by atoms with Gasteiger partial charge < -0.3 is 9.30 Å². The number of aromatic amines is 1. The summed E-state index contributed by atoms with van der Waals surface area (Å²) in [5.74, 6) is 0.277. The van der Waals surface area contributed by atoms with Gasteiger partial charge in [-0.25, -0.2) is 9.67 Å². The molecule has 1 atom stereocenters. The van der Waals surface area contributed by atoms with Crippen molar-refractivity contribution in [2.75, 3.05) is 13.2 Å². The van der Waals surface area contributed by atoms with Crippen LogP contribution in [0.4, 0.5) is 0 Å². The lowest BCUT2D eigenvalue weighted by molar-refractivity contribution is 0.193. The van der Waals surface area contributed by atoms with Gasteiger partial charge in [-0.1, -0.05) is 30.3 Å². The number of rotatable bonds is 5. The van der Waals surface area contributed by atoms with Gasteiger partial charge in [-0.2, -0.15) is 0 Å². The first-order valence-corrected chi connectivity index (χ1v) is 8.71. The van der Waals surface area contributed by atoms with Crippen molar-refractivity contribution >= 4 is 0 Å². The number of hydrogen-bond donors (Lipinski definition) is 1. The van der Waals surface area contributed by atoms with Crippen LogP contribution in [0, 0.1) is 0 Å². The molecule has 1 N–H and O–H groups in total. The van der Waals surface area contributed by atoms with Gasteiger partial charge in [-0.15, -0.1) is 0 Å². The Bertz CT molecular complexity index is 997. The molecule has 0 radical (unpaired) electrons. The molecule has 0 bridgehead atoms. The second-order valence-corrected chi connectivity index (χ2v) is 6.40. The highest BCUT2D eigenvalue weighted by atomic mass is 16.5. The van der Waals surface area contributed by atoms with Gasteiger partial charge >= 0.3 is 0 Å². The van der Waals surface area contributed by atoms with Crippen LogP contribution in [0.3, 0.4) is 0 Å². The third-order valence-corrected chi connectivity index (χ3v) is 4.69. The number of nitrogens with zero attached hydrogens (tertiary/aromatic N) is 3. The average molecular weight is 352 g/mol. The maximum atomic E-state index is 11.9. The quantitative estimate of drug-likeness (QED) is 0.756. The monoisotopic (exact) mass is 352 g/mol. The van der Waals surface area contributed by atoms with Gasteiger partial charge in [0.25, 0.3) is 11.1 Å². The fraction of sp³-hybridized carbons (Fsp3) is 0.316. The number of aryl methyl sites for hydroxylation is 2. The molecule has 7 heteroatoms. The Balaban J connectivity index is 1.67. The first-order valence-electron chi connectivity index (χ1n) is 8.71. The summed E-state index contributed by atoms with van der Waals surface area (Å²) in [4.78, 5) is 28.0. The zero-order valence-electron chi connectivity index (χ0n) is 14.3. The zero-order chi connectivity index (χ0) is 17.9. The summed E-state index contributed by atoms with van der Waals surface area (Å²) in [6, 6.07) is 12.6. The molecule has 0 amide bonds. The van der Waals surface area contributed by atoms with Gasteiger partial charge in [0.1, 0.15) is 0 Å². The van der Waals surface area contributed by atoms with Crippen LogP contribution in [0.5, 0.6) is 0 Å². The molecule has 4 rings (SSSR count). The highest BCUT2D eigenvalue weighted by molar-refractivity contribution is 5.62. The van der Waals surface area contributed by atoms with E-state index in [9.17, 15) is 9.59 Å². The van der Waals surface area contributed by atoms with Crippen LogP contribution in [0.2, 0.25) is 0 Å². The highest BCUT2D eigenvalue weighted by Gasteiger charge is 2.25. The summed E-state index contributed by atoms with van der Waals surface area (Å²) in [5.41, 5.74) is 2.64. The molecule has 26 heavy (non-hydrogen) atoms. The molecule has 1 aromatic carbocycles. The molecule has 1 saturated heterocycles. The van der Waals surface area contributed by atoms with E-state index in [0.717, 1.165) is 30.0 Å². The van der Waals surface area contributed by atoms with Crippen molar-refractivity contribution in [1.82, 2.24) is 19.3 Å². The summed E-state index contributed by atoms with van der Waals surface area (Å²) >= 11 is 0. The fourth-order valence-corrected chi connectivity index (χ4v) is 3.40. The van der Waals surface area contributed by atoms with Crippen LogP contribution < -0.4 is 11.1 Å². The third kappa shape index (κ3) is 3.25. The van der Waals surface area contributed by atoms with Crippen molar-refractivity contribution in [2.45, 2.75) is 25.4 Å². The predicted molar refractivity (Wildman–Crippen MR) is 97.2 cm³/mol. The van der Waals surface area contributed by atoms with Crippen LogP contribution >= 0.6 is 0 Å². The van der Waals surface area contributed by atoms with E-state index in [0.29, 0.717) is 19.7 Å². The van der Waals surface area contributed by atoms with E-state index in [-0.39, 0.29) is 17.0 Å². The molecule has 1 aliphatic heterocycles. The molecule has 1 aliphatic rings. The first kappa shape index (κ1) is 16.5. The normalized spacial score (nSPS) is 16.8. The number of aromatic nitrogens is 4. The minimum absolute atomic E-state index is 0.223. The lowest BCUT2D eigenvalue weighted by Gasteiger charge is -2.15. The SMILES string of the molecule is O=c1ccc(=O)n(CCn2cnc(-c3ccccc3)c2C2CCOC2)[nH]1. The summed E-state index contributed by atoms with van der Waals surface area (Å²) < 4.78 is 8.98. The number of H-pyrrole nitrogens is 1. The van der Waals surface area contributed by atoms with E-state index in [2.05, 4.69) is 14.6 Å². The van der Waals surface area contributed by atoms with Crippen molar-refractivity contribution in [3.05, 3.63) is 75.2 Å². The fourth-order valence-electron chi connectivity index (χ4n) is 3.40. The van der Waals surface area contributed by atoms with Crippen LogP contribution in [-0.4, -0.2) is 32.5 Å². The molecule has 3 heterocycles. The number of hydrogen-bond acceptors (Lipinski definition) is 4. The Morgan fingerprint density at radius 1 is 1.12 bits per heavy atom. The molecule has 3 aromatic rings. The van der Waals surface area contributed by atoms with E-state index in [4.69, 9.17) is 4.74 Å². The molecule has 0 saturated carbocycles. The Labute approximate surface area is 149 Å². The average Bonchev–Trinajstić information content (AvgIpc) is 3.32. The van der Waals surface area contributed by atoms with Crippen molar-refractivity contribution in [1.29, 1.82) is 0 Å². The maximum absolute atomic E-state index is 11.9. The lowest BCUT2D eigenvalue weighted by Crippen LogP contribution is -2.29. The number of ether oxygens (including phenoxy) is 1. The molecule has 7 nitrogen and oxygen atoms in total. The highest BCUT2D eigenvalue weighted by Crippen LogP contribution is 2.33. The third-order valence-electron chi connectivity index (χ3n) is 4.69. The van der Waals surface area contributed by atoms with Crippen molar-refractivity contribution < 1.29 is 4.74 Å². The molecular weight excluding hydrogens is 332 g/mol. The minimum atomic E-state index is -0.287. The van der Waals surface area contributed by atoms with E-state index in [1.54, 1.807) is 0 Å². The van der Waals surface area contributed by atoms with Crippen molar-refractivity contribution in [2.24, 2.45) is 0 Å². The number of imidazole rings is 1. The van der Waals surface area contributed by atoms with Crippen LogP contribution in [0.1, 0.15) is 18.0 Å². The molecule has 1 fully saturated rings. The molecule has 0 aliphatic carbocycles. The van der Waals surface area contributed by atoms with Crippen molar-refractivity contribution in [3.8, 4) is 11.3 Å². The standard InChI is InChI=1S/C19H20N4O3/c24-16-6-7-17(25)23(21-16)10-9-22-13-20-18(14-4-2-1-3-5-14)19(22)15-8-11-26-12-15/h1-7,13,15H,8-12H2,(H,21,24). The van der Waals surface area contributed by atoms with Gasteiger partial charge in [0.2, 0.25) is 0 Å². The van der Waals surface area contributed by atoms with Crippen LogP contribution in [-0.2, 0) is 17.8 Å². The molecule has 0 spiro atoms. The summed E-state index contributed by atoms with van der Waals surface area (Å²) in [5, 5.41) is 2.56. The summed E-state index contributed by atoms with van der Waals surface area (Å²) in [6.07, 6.45) is 2.76. The van der Waals surface area contributed by atoms with Crippen molar-refractivity contribution in [3.63, 3.8) is 0 Å². The second-order valence-electron chi connectivity index (χ2n) is 6.40. The lowest BCUT2D eigenvalue weighted by atomic mass is 9.99. The smallest absolute Gasteiger partial charge is 0.265 e. The molecule has 134 valence electrons. The van der Waals surface area contributed by atoms with Crippen LogP contribution in [0.25, 0.3) is 11.3 Å². The van der Waals surface area contributed by atoms with Crippen LogP contribution in [0.15, 0.2) is 58.4 Å². The molecule has 1 unspecified atom stereocenters. The molecular formula is C19H20N4O3. The van der Waals surface area contributed by atoms with Gasteiger partial charge in [0, 0.05) is 36.8 Å². The maximum Gasteiger partial charge on any atom is 0.265 e. The minimum Gasteiger partial charge on any atom is -0.381 e. The van der Waals surface area contributed by atoms with Gasteiger partial charge in [-0.3, -0.25) is 14.7 Å². The number of nitrogens with one attached hydrogen (secondary N) is 1. The Hall–Kier alpha value is -2.93. The first-order chi connectivity index (χ1) is 12.7. The Kier molecular flexibility index (Phi) is 4.53. The second kappa shape index (κ2) is 7.13. The van der Waals surface area contributed by atoms with E-state index in [1.165, 1.54) is 16.8 Å². The topological polar surface area (TPSA) is 81.9 Å². The van der Waals surface area contributed by atoms with Gasteiger partial charge in [0.15, 0.2) is 0 Å². The Morgan fingerprint density at radius 3 is 2.73 bits per heavy atom. The van der Waals surface area contributed by atoms with Gasteiger partial charge in [-0.05, 0) is 6.42 Å². The predicted octanol–water partition coefficient (Wildman–Crippen LogP) is 1.60. The largest absolute Gasteiger partial charge is 0.381 e. The van der Waals surface area contributed by atoms with Gasteiger partial charge in [0.05, 0.1) is 30.9 Å². The summed E-state index contributed by atoms with van der Waals surface area (Å²) in [7, 11) is 0. The number of benzene rings is 1. The Morgan fingerprint density at radius 2 is 1.96 bits per heavy atom. The zero-order valence-corrected chi connectivity index (χ0v) is 14.3. The van der Waals surface area contributed by atoms with E-state index in [1.807, 2.05) is 36.7 Å². The molecule has 2 aromatic heterocycles.